The second-order valence-corrected chi connectivity index (χ2v) is 6.43. The van der Waals surface area contributed by atoms with Gasteiger partial charge in [-0.05, 0) is 25.1 Å². The van der Waals surface area contributed by atoms with E-state index in [0.717, 1.165) is 28.3 Å². The molecule has 0 bridgehead atoms. The molecule has 112 valence electrons. The fraction of sp³-hybridized carbons (Fsp3) is 0.267. The van der Waals surface area contributed by atoms with E-state index in [1.807, 2.05) is 6.92 Å². The number of fused-ring (bicyclic) bond motifs is 2. The van der Waals surface area contributed by atoms with Crippen molar-refractivity contribution in [3.8, 4) is 5.88 Å². The van der Waals surface area contributed by atoms with E-state index in [0.29, 0.717) is 24.8 Å². The fourth-order valence-corrected chi connectivity index (χ4v) is 3.46. The van der Waals surface area contributed by atoms with Crippen molar-refractivity contribution >= 4 is 33.1 Å². The van der Waals surface area contributed by atoms with Gasteiger partial charge in [-0.15, -0.1) is 11.3 Å². The van der Waals surface area contributed by atoms with Gasteiger partial charge >= 0.3 is 0 Å². The number of hydrogen-bond donors (Lipinski definition) is 1. The van der Waals surface area contributed by atoms with Gasteiger partial charge in [-0.25, -0.2) is 15.0 Å². The molecule has 22 heavy (non-hydrogen) atoms. The number of rotatable bonds is 1. The van der Waals surface area contributed by atoms with Gasteiger partial charge in [0, 0.05) is 5.69 Å². The summed E-state index contributed by atoms with van der Waals surface area (Å²) in [6.45, 7) is 4.00. The summed E-state index contributed by atoms with van der Waals surface area (Å²) in [6, 6.07) is 6.35. The molecule has 1 aliphatic rings. The highest BCUT2D eigenvalue weighted by atomic mass is 32.1. The van der Waals surface area contributed by atoms with Crippen LogP contribution in [0.15, 0.2) is 24.5 Å². The molecule has 1 aromatic carbocycles. The third-order valence-corrected chi connectivity index (χ3v) is 4.68. The van der Waals surface area contributed by atoms with Crippen LogP contribution in [0.25, 0.3) is 10.2 Å². The van der Waals surface area contributed by atoms with Gasteiger partial charge in [0.25, 0.3) is 0 Å². The first-order valence-corrected chi connectivity index (χ1v) is 7.86. The summed E-state index contributed by atoms with van der Waals surface area (Å²) in [5.41, 5.74) is 8.96. The summed E-state index contributed by atoms with van der Waals surface area (Å²) in [4.78, 5) is 15.0. The minimum Gasteiger partial charge on any atom is -0.475 e. The van der Waals surface area contributed by atoms with Crippen LogP contribution < -0.4 is 15.4 Å². The summed E-state index contributed by atoms with van der Waals surface area (Å²) in [7, 11) is 0. The summed E-state index contributed by atoms with van der Waals surface area (Å²) in [5, 5.41) is 1.08. The van der Waals surface area contributed by atoms with Crippen LogP contribution in [0.2, 0.25) is 0 Å². The largest absolute Gasteiger partial charge is 0.475 e. The van der Waals surface area contributed by atoms with Crippen LogP contribution in [0.5, 0.6) is 5.88 Å². The zero-order valence-electron chi connectivity index (χ0n) is 12.1. The number of hydrogen-bond acceptors (Lipinski definition) is 7. The van der Waals surface area contributed by atoms with E-state index in [1.54, 1.807) is 11.3 Å². The number of ether oxygens (including phenoxy) is 1. The molecule has 0 spiro atoms. The summed E-state index contributed by atoms with van der Waals surface area (Å²) in [5.74, 6) is 1.06. The zero-order chi connectivity index (χ0) is 15.1. The maximum Gasteiger partial charge on any atom is 0.223 e. The van der Waals surface area contributed by atoms with Crippen LogP contribution in [0.3, 0.4) is 0 Å². The molecular formula is C15H15N5OS. The quantitative estimate of drug-likeness (QED) is 0.743. The number of aromatic nitrogens is 3. The minimum absolute atomic E-state index is 0.475. The average molecular weight is 313 g/mol. The van der Waals surface area contributed by atoms with Gasteiger partial charge < -0.3 is 15.4 Å². The second kappa shape index (κ2) is 5.10. The van der Waals surface area contributed by atoms with Crippen molar-refractivity contribution in [3.05, 3.63) is 35.1 Å². The minimum atomic E-state index is 0.475. The number of nitrogens with zero attached hydrogens (tertiary/aromatic N) is 4. The second-order valence-electron chi connectivity index (χ2n) is 5.20. The van der Waals surface area contributed by atoms with Gasteiger partial charge in [0.2, 0.25) is 5.88 Å². The highest BCUT2D eigenvalue weighted by Crippen LogP contribution is 2.30. The van der Waals surface area contributed by atoms with Crippen molar-refractivity contribution < 1.29 is 4.74 Å². The monoisotopic (exact) mass is 313 g/mol. The van der Waals surface area contributed by atoms with E-state index < -0.39 is 0 Å². The Morgan fingerprint density at radius 1 is 1.32 bits per heavy atom. The normalized spacial score (nSPS) is 14.5. The molecular weight excluding hydrogens is 298 g/mol. The zero-order valence-corrected chi connectivity index (χ0v) is 12.9. The SMILES string of the molecule is Cc1nc2cc(N3CCOc4ncnc(N)c4C3)ccc2s1. The molecule has 0 aliphatic carbocycles. The van der Waals surface area contributed by atoms with Crippen LogP contribution in [-0.4, -0.2) is 28.1 Å². The van der Waals surface area contributed by atoms with Crippen LogP contribution in [0.4, 0.5) is 11.5 Å². The first kappa shape index (κ1) is 13.3. The number of aryl methyl sites for hydroxylation is 1. The molecule has 6 nitrogen and oxygen atoms in total. The molecule has 0 atom stereocenters. The standard InChI is InChI=1S/C15H15N5OS/c1-9-19-12-6-10(2-3-13(12)22-9)20-4-5-21-15-11(7-20)14(16)17-8-18-15/h2-3,6,8H,4-5,7H2,1H3,(H2,16,17,18). The predicted octanol–water partition coefficient (Wildman–Crippen LogP) is 2.38. The van der Waals surface area contributed by atoms with E-state index in [4.69, 9.17) is 10.5 Å². The van der Waals surface area contributed by atoms with E-state index in [9.17, 15) is 0 Å². The van der Waals surface area contributed by atoms with E-state index >= 15 is 0 Å². The highest BCUT2D eigenvalue weighted by Gasteiger charge is 2.20. The number of nitrogens with two attached hydrogens (primary N) is 1. The van der Waals surface area contributed by atoms with E-state index in [-0.39, 0.29) is 0 Å². The van der Waals surface area contributed by atoms with Crippen molar-refractivity contribution in [1.82, 2.24) is 15.0 Å². The molecule has 2 N–H and O–H groups in total. The van der Waals surface area contributed by atoms with Crippen LogP contribution in [0, 0.1) is 6.92 Å². The molecule has 0 amide bonds. The number of thiazole rings is 1. The Hall–Kier alpha value is -2.41. The Balaban J connectivity index is 1.73. The first-order valence-electron chi connectivity index (χ1n) is 7.05. The molecule has 0 radical (unpaired) electrons. The van der Waals surface area contributed by atoms with Gasteiger partial charge in [-0.1, -0.05) is 0 Å². The van der Waals surface area contributed by atoms with Gasteiger partial charge in [-0.3, -0.25) is 0 Å². The van der Waals surface area contributed by atoms with Crippen LogP contribution in [-0.2, 0) is 6.54 Å². The molecule has 1 aliphatic heterocycles. The highest BCUT2D eigenvalue weighted by molar-refractivity contribution is 7.18. The Morgan fingerprint density at radius 3 is 3.14 bits per heavy atom. The fourth-order valence-electron chi connectivity index (χ4n) is 2.65. The lowest BCUT2D eigenvalue weighted by atomic mass is 10.2. The third kappa shape index (κ3) is 2.23. The predicted molar refractivity (Wildman–Crippen MR) is 87.3 cm³/mol. The molecule has 7 heteroatoms. The lowest BCUT2D eigenvalue weighted by molar-refractivity contribution is 0.319. The van der Waals surface area contributed by atoms with E-state index in [2.05, 4.69) is 38.1 Å². The van der Waals surface area contributed by atoms with Crippen LogP contribution in [0.1, 0.15) is 10.6 Å². The maximum absolute atomic E-state index is 5.98. The van der Waals surface area contributed by atoms with Crippen molar-refractivity contribution in [2.75, 3.05) is 23.8 Å². The smallest absolute Gasteiger partial charge is 0.223 e. The van der Waals surface area contributed by atoms with Gasteiger partial charge in [0.15, 0.2) is 0 Å². The van der Waals surface area contributed by atoms with Crippen LogP contribution >= 0.6 is 11.3 Å². The number of anilines is 2. The molecule has 3 heterocycles. The third-order valence-electron chi connectivity index (χ3n) is 3.73. The molecule has 0 unspecified atom stereocenters. The molecule has 3 aromatic rings. The Bertz CT molecular complexity index is 847. The molecule has 2 aromatic heterocycles. The van der Waals surface area contributed by atoms with Crippen molar-refractivity contribution in [3.63, 3.8) is 0 Å². The van der Waals surface area contributed by atoms with Crippen molar-refractivity contribution in [2.24, 2.45) is 0 Å². The first-order chi connectivity index (χ1) is 10.7. The lowest BCUT2D eigenvalue weighted by Crippen LogP contribution is -2.25. The number of nitrogen functional groups attached to an aromatic ring is 1. The van der Waals surface area contributed by atoms with E-state index in [1.165, 1.54) is 11.0 Å². The Labute approximate surface area is 131 Å². The number of benzene rings is 1. The molecule has 0 saturated heterocycles. The van der Waals surface area contributed by atoms with Crippen molar-refractivity contribution in [1.29, 1.82) is 0 Å². The van der Waals surface area contributed by atoms with Gasteiger partial charge in [0.1, 0.15) is 18.8 Å². The Kier molecular flexibility index (Phi) is 3.07. The van der Waals surface area contributed by atoms with Gasteiger partial charge in [0.05, 0.1) is 33.9 Å². The molecule has 4 rings (SSSR count). The summed E-state index contributed by atoms with van der Waals surface area (Å²) < 4.78 is 6.89. The topological polar surface area (TPSA) is 77.2 Å². The lowest BCUT2D eigenvalue weighted by Gasteiger charge is -2.22. The average Bonchev–Trinajstić information content (AvgIpc) is 2.73. The van der Waals surface area contributed by atoms with Crippen molar-refractivity contribution in [2.45, 2.75) is 13.5 Å². The molecule has 0 saturated carbocycles. The molecule has 0 fully saturated rings. The maximum atomic E-state index is 5.98. The van der Waals surface area contributed by atoms with Gasteiger partial charge in [-0.2, -0.15) is 0 Å². The summed E-state index contributed by atoms with van der Waals surface area (Å²) >= 11 is 1.71. The summed E-state index contributed by atoms with van der Waals surface area (Å²) in [6.07, 6.45) is 1.44. The Morgan fingerprint density at radius 2 is 2.23 bits per heavy atom.